The number of Topliss-reactive ketones (excluding diaryl/α,β-unsaturated/α-hetero) is 1. The van der Waals surface area contributed by atoms with Gasteiger partial charge in [0.05, 0.1) is 31.1 Å². The standard InChI is InChI=1S/C14H20N2O2/c1-3-11-10-18-8-7-16(11)12-5-6-13(15-9-12)14(17)4-2/h5-6,9,11H,3-4,7-8,10H2,1-2H3. The summed E-state index contributed by atoms with van der Waals surface area (Å²) in [5.74, 6) is 0.0931. The maximum atomic E-state index is 11.5. The minimum Gasteiger partial charge on any atom is -0.377 e. The van der Waals surface area contributed by atoms with Crippen LogP contribution in [0.1, 0.15) is 37.2 Å². The van der Waals surface area contributed by atoms with Crippen LogP contribution in [-0.4, -0.2) is 36.6 Å². The van der Waals surface area contributed by atoms with Crippen molar-refractivity contribution in [1.82, 2.24) is 4.98 Å². The molecule has 1 aliphatic rings. The van der Waals surface area contributed by atoms with Gasteiger partial charge in [0.1, 0.15) is 5.69 Å². The normalized spacial score (nSPS) is 19.9. The molecule has 4 nitrogen and oxygen atoms in total. The second-order valence-corrected chi connectivity index (χ2v) is 4.51. The SMILES string of the molecule is CCC(=O)c1ccc(N2CCOCC2CC)cn1. The molecule has 1 aromatic rings. The van der Waals surface area contributed by atoms with E-state index in [9.17, 15) is 4.79 Å². The van der Waals surface area contributed by atoms with E-state index in [1.54, 1.807) is 6.20 Å². The highest BCUT2D eigenvalue weighted by Gasteiger charge is 2.21. The molecule has 1 aromatic heterocycles. The quantitative estimate of drug-likeness (QED) is 0.767. The molecule has 2 rings (SSSR count). The lowest BCUT2D eigenvalue weighted by Gasteiger charge is -2.36. The van der Waals surface area contributed by atoms with Gasteiger partial charge >= 0.3 is 0 Å². The first-order valence-electron chi connectivity index (χ1n) is 6.59. The molecule has 1 atom stereocenters. The number of anilines is 1. The topological polar surface area (TPSA) is 42.4 Å². The molecule has 1 unspecified atom stereocenters. The summed E-state index contributed by atoms with van der Waals surface area (Å²) in [6, 6.07) is 4.22. The van der Waals surface area contributed by atoms with Crippen molar-refractivity contribution < 1.29 is 9.53 Å². The van der Waals surface area contributed by atoms with Gasteiger partial charge in [-0.15, -0.1) is 0 Å². The van der Waals surface area contributed by atoms with Crippen LogP contribution in [-0.2, 0) is 4.74 Å². The summed E-state index contributed by atoms with van der Waals surface area (Å²) in [5, 5.41) is 0. The molecular formula is C14H20N2O2. The van der Waals surface area contributed by atoms with Crippen LogP contribution in [0.5, 0.6) is 0 Å². The fourth-order valence-corrected chi connectivity index (χ4v) is 2.23. The van der Waals surface area contributed by atoms with Crippen LogP contribution in [0.3, 0.4) is 0 Å². The van der Waals surface area contributed by atoms with Gasteiger partial charge in [-0.25, -0.2) is 0 Å². The van der Waals surface area contributed by atoms with Crippen molar-refractivity contribution in [2.24, 2.45) is 0 Å². The largest absolute Gasteiger partial charge is 0.377 e. The van der Waals surface area contributed by atoms with Crippen molar-refractivity contribution in [2.75, 3.05) is 24.7 Å². The van der Waals surface area contributed by atoms with E-state index in [4.69, 9.17) is 4.74 Å². The summed E-state index contributed by atoms with van der Waals surface area (Å²) in [6.07, 6.45) is 3.36. The monoisotopic (exact) mass is 248 g/mol. The number of ketones is 1. The zero-order valence-corrected chi connectivity index (χ0v) is 11.1. The first-order valence-corrected chi connectivity index (χ1v) is 6.59. The van der Waals surface area contributed by atoms with Crippen LogP contribution in [0, 0.1) is 0 Å². The van der Waals surface area contributed by atoms with Crippen LogP contribution in [0.2, 0.25) is 0 Å². The van der Waals surface area contributed by atoms with Crippen LogP contribution in [0.4, 0.5) is 5.69 Å². The average molecular weight is 248 g/mol. The number of morpholine rings is 1. The van der Waals surface area contributed by atoms with Crippen molar-refractivity contribution in [3.8, 4) is 0 Å². The number of pyridine rings is 1. The Labute approximate surface area is 108 Å². The molecule has 0 saturated carbocycles. The Hall–Kier alpha value is -1.42. The Morgan fingerprint density at radius 1 is 1.50 bits per heavy atom. The number of carbonyl (C=O) groups excluding carboxylic acids is 1. The summed E-state index contributed by atoms with van der Waals surface area (Å²) in [4.78, 5) is 18.1. The first-order chi connectivity index (χ1) is 8.76. The van der Waals surface area contributed by atoms with Crippen LogP contribution in [0.15, 0.2) is 18.3 Å². The highest BCUT2D eigenvalue weighted by molar-refractivity contribution is 5.94. The van der Waals surface area contributed by atoms with Crippen molar-refractivity contribution in [1.29, 1.82) is 0 Å². The lowest BCUT2D eigenvalue weighted by atomic mass is 10.1. The van der Waals surface area contributed by atoms with Crippen LogP contribution in [0.25, 0.3) is 0 Å². The Kier molecular flexibility index (Phi) is 4.31. The summed E-state index contributed by atoms with van der Waals surface area (Å²) in [7, 11) is 0. The lowest BCUT2D eigenvalue weighted by Crippen LogP contribution is -2.45. The highest BCUT2D eigenvalue weighted by Crippen LogP contribution is 2.20. The van der Waals surface area contributed by atoms with Gasteiger partial charge in [-0.1, -0.05) is 13.8 Å². The van der Waals surface area contributed by atoms with Crippen molar-refractivity contribution >= 4 is 11.5 Å². The molecule has 1 saturated heterocycles. The van der Waals surface area contributed by atoms with Crippen LogP contribution >= 0.6 is 0 Å². The number of hydrogen-bond donors (Lipinski definition) is 0. The Balaban J connectivity index is 2.15. The van der Waals surface area contributed by atoms with E-state index >= 15 is 0 Å². The van der Waals surface area contributed by atoms with E-state index in [0.29, 0.717) is 18.2 Å². The third-order valence-corrected chi connectivity index (χ3v) is 3.39. The summed E-state index contributed by atoms with van der Waals surface area (Å²) >= 11 is 0. The molecule has 0 amide bonds. The smallest absolute Gasteiger partial charge is 0.180 e. The predicted molar refractivity (Wildman–Crippen MR) is 71.1 cm³/mol. The van der Waals surface area contributed by atoms with E-state index in [0.717, 1.165) is 31.9 Å². The molecule has 4 heteroatoms. The minimum atomic E-state index is 0.0931. The molecule has 0 aromatic carbocycles. The number of ether oxygens (including phenoxy) is 1. The van der Waals surface area contributed by atoms with Crippen molar-refractivity contribution in [3.63, 3.8) is 0 Å². The predicted octanol–water partition coefficient (Wildman–Crippen LogP) is 2.29. The lowest BCUT2D eigenvalue weighted by molar-refractivity contribution is 0.0929. The second kappa shape index (κ2) is 5.96. The summed E-state index contributed by atoms with van der Waals surface area (Å²) < 4.78 is 5.49. The van der Waals surface area contributed by atoms with E-state index in [-0.39, 0.29) is 5.78 Å². The fraction of sp³-hybridized carbons (Fsp3) is 0.571. The molecule has 0 radical (unpaired) electrons. The Bertz CT molecular complexity index is 403. The van der Waals surface area contributed by atoms with Gasteiger partial charge in [0.25, 0.3) is 0 Å². The van der Waals surface area contributed by atoms with Gasteiger partial charge in [-0.3, -0.25) is 9.78 Å². The van der Waals surface area contributed by atoms with E-state index in [1.807, 2.05) is 19.1 Å². The summed E-state index contributed by atoms with van der Waals surface area (Å²) in [6.45, 7) is 6.43. The molecule has 18 heavy (non-hydrogen) atoms. The van der Waals surface area contributed by atoms with Gasteiger partial charge in [-0.05, 0) is 18.6 Å². The number of hydrogen-bond acceptors (Lipinski definition) is 4. The third kappa shape index (κ3) is 2.70. The molecule has 2 heterocycles. The number of carbonyl (C=O) groups is 1. The van der Waals surface area contributed by atoms with Gasteiger partial charge in [-0.2, -0.15) is 0 Å². The molecule has 1 aliphatic heterocycles. The minimum absolute atomic E-state index is 0.0931. The molecule has 98 valence electrons. The Morgan fingerprint density at radius 3 is 2.94 bits per heavy atom. The van der Waals surface area contributed by atoms with Crippen molar-refractivity contribution in [2.45, 2.75) is 32.7 Å². The average Bonchev–Trinajstić information content (AvgIpc) is 2.46. The van der Waals surface area contributed by atoms with Gasteiger partial charge in [0.2, 0.25) is 0 Å². The number of rotatable bonds is 4. The third-order valence-electron chi connectivity index (χ3n) is 3.39. The molecule has 0 N–H and O–H groups in total. The first kappa shape index (κ1) is 13.0. The molecular weight excluding hydrogens is 228 g/mol. The fourth-order valence-electron chi connectivity index (χ4n) is 2.23. The van der Waals surface area contributed by atoms with E-state index < -0.39 is 0 Å². The molecule has 0 spiro atoms. The zero-order chi connectivity index (χ0) is 13.0. The molecule has 0 bridgehead atoms. The molecule has 0 aliphatic carbocycles. The van der Waals surface area contributed by atoms with E-state index in [2.05, 4.69) is 16.8 Å². The van der Waals surface area contributed by atoms with Gasteiger partial charge in [0.15, 0.2) is 5.78 Å². The Morgan fingerprint density at radius 2 is 2.33 bits per heavy atom. The highest BCUT2D eigenvalue weighted by atomic mass is 16.5. The summed E-state index contributed by atoms with van der Waals surface area (Å²) in [5.41, 5.74) is 1.64. The number of aromatic nitrogens is 1. The van der Waals surface area contributed by atoms with Crippen molar-refractivity contribution in [3.05, 3.63) is 24.0 Å². The van der Waals surface area contributed by atoms with Gasteiger partial charge < -0.3 is 9.64 Å². The van der Waals surface area contributed by atoms with Gasteiger partial charge in [0, 0.05) is 13.0 Å². The number of nitrogens with zero attached hydrogens (tertiary/aromatic N) is 2. The maximum Gasteiger partial charge on any atom is 0.180 e. The molecule has 1 fully saturated rings. The van der Waals surface area contributed by atoms with Crippen LogP contribution < -0.4 is 4.90 Å². The maximum absolute atomic E-state index is 11.5. The zero-order valence-electron chi connectivity index (χ0n) is 11.1. The second-order valence-electron chi connectivity index (χ2n) is 4.51. The van der Waals surface area contributed by atoms with E-state index in [1.165, 1.54) is 0 Å².